The van der Waals surface area contributed by atoms with E-state index in [1.807, 2.05) is 21.1 Å². The number of carbonyl (C=O) groups excluding carboxylic acids is 2. The van der Waals surface area contributed by atoms with E-state index in [1.165, 1.54) is 122 Å². The van der Waals surface area contributed by atoms with Gasteiger partial charge in [-0.3, -0.25) is 14.2 Å². The SMILES string of the molecule is CC/C=C\C/C=C\C/C=C\C/C=C\C/C=C\C/C=C\C/C=C\C/C=C\C/C=C\C/C=C\C/C=C\C/C=C\CCCCC(=O)OC(COC(=O)CCCCCCCCCCCCCCCCCCCCCCC/C=C\C/C=C\C/C=C\C/C=C\C/C=C\CC)COP(=O)([O-])OCC[N+](C)(C)C. The molecule has 564 valence electrons. The van der Waals surface area contributed by atoms with E-state index in [0.717, 1.165) is 141 Å². The number of quaternary nitrogens is 1. The number of phosphoric ester groups is 1. The molecule has 0 bridgehead atoms. The Morgan fingerprint density at radius 3 is 0.820 bits per heavy atom. The van der Waals surface area contributed by atoms with Crippen LogP contribution < -0.4 is 4.89 Å². The van der Waals surface area contributed by atoms with E-state index in [-0.39, 0.29) is 26.1 Å². The quantitative estimate of drug-likeness (QED) is 0.0195. The molecule has 2 atom stereocenters. The van der Waals surface area contributed by atoms with Crippen LogP contribution in [0, 0.1) is 0 Å². The van der Waals surface area contributed by atoms with Gasteiger partial charge in [0.2, 0.25) is 0 Å². The minimum absolute atomic E-state index is 0.0486. The van der Waals surface area contributed by atoms with Crippen molar-refractivity contribution in [2.75, 3.05) is 47.5 Å². The van der Waals surface area contributed by atoms with Crippen LogP contribution in [-0.4, -0.2) is 70.0 Å². The van der Waals surface area contributed by atoms with E-state index in [9.17, 15) is 19.0 Å². The molecule has 9 nitrogen and oxygen atoms in total. The lowest BCUT2D eigenvalue weighted by Gasteiger charge is -2.28. The molecule has 0 heterocycles. The molecule has 2 unspecified atom stereocenters. The second kappa shape index (κ2) is 77.7. The lowest BCUT2D eigenvalue weighted by molar-refractivity contribution is -0.870. The molecular formula is C90H146NO8P. The summed E-state index contributed by atoms with van der Waals surface area (Å²) in [6.07, 6.45) is 122. The second-order valence-corrected chi connectivity index (χ2v) is 28.4. The topological polar surface area (TPSA) is 111 Å². The first kappa shape index (κ1) is 94.6. The molecule has 0 aliphatic heterocycles. The van der Waals surface area contributed by atoms with Gasteiger partial charge < -0.3 is 27.9 Å². The molecule has 0 spiro atoms. The Bertz CT molecular complexity index is 2450. The highest BCUT2D eigenvalue weighted by atomic mass is 31.2. The van der Waals surface area contributed by atoms with Gasteiger partial charge in [-0.15, -0.1) is 0 Å². The van der Waals surface area contributed by atoms with E-state index in [2.05, 4.69) is 220 Å². The van der Waals surface area contributed by atoms with Crippen molar-refractivity contribution < 1.29 is 42.1 Å². The number of hydrogen-bond donors (Lipinski definition) is 0. The first-order valence-electron chi connectivity index (χ1n) is 39.8. The van der Waals surface area contributed by atoms with Crippen molar-refractivity contribution in [3.63, 3.8) is 0 Å². The molecule has 0 aliphatic carbocycles. The molecule has 10 heteroatoms. The van der Waals surface area contributed by atoms with Gasteiger partial charge in [-0.2, -0.15) is 0 Å². The van der Waals surface area contributed by atoms with Crippen LogP contribution in [0.25, 0.3) is 0 Å². The lowest BCUT2D eigenvalue weighted by Crippen LogP contribution is -2.37. The third-order valence-electron chi connectivity index (χ3n) is 16.3. The Kier molecular flexibility index (Phi) is 73.5. The van der Waals surface area contributed by atoms with E-state index >= 15 is 0 Å². The number of nitrogens with zero attached hydrogens (tertiary/aromatic N) is 1. The fourth-order valence-corrected chi connectivity index (χ4v) is 11.0. The molecule has 0 fully saturated rings. The highest BCUT2D eigenvalue weighted by Crippen LogP contribution is 2.38. The van der Waals surface area contributed by atoms with Gasteiger partial charge in [0.05, 0.1) is 27.7 Å². The molecule has 0 rings (SSSR count). The van der Waals surface area contributed by atoms with Gasteiger partial charge in [0.1, 0.15) is 19.8 Å². The lowest BCUT2D eigenvalue weighted by atomic mass is 10.0. The van der Waals surface area contributed by atoms with Crippen LogP contribution in [0.3, 0.4) is 0 Å². The number of carbonyl (C=O) groups is 2. The molecule has 0 radical (unpaired) electrons. The molecule has 0 aromatic carbocycles. The van der Waals surface area contributed by atoms with E-state index in [0.29, 0.717) is 17.4 Å². The van der Waals surface area contributed by atoms with Crippen molar-refractivity contribution >= 4 is 19.8 Å². The van der Waals surface area contributed by atoms with Crippen molar-refractivity contribution in [1.29, 1.82) is 0 Å². The Labute approximate surface area is 615 Å². The summed E-state index contributed by atoms with van der Waals surface area (Å²) in [4.78, 5) is 38.2. The van der Waals surface area contributed by atoms with Crippen molar-refractivity contribution in [1.82, 2.24) is 0 Å². The number of unbranched alkanes of at least 4 members (excludes halogenated alkanes) is 23. The van der Waals surface area contributed by atoms with Crippen LogP contribution in [0.5, 0.6) is 0 Å². The summed E-state index contributed by atoms with van der Waals surface area (Å²) < 4.78 is 34.3. The average Bonchev–Trinajstić information content (AvgIpc) is 1.07. The predicted molar refractivity (Wildman–Crippen MR) is 433 cm³/mol. The maximum absolute atomic E-state index is 12.9. The highest BCUT2D eigenvalue weighted by molar-refractivity contribution is 7.45. The minimum atomic E-state index is -4.67. The summed E-state index contributed by atoms with van der Waals surface area (Å²) in [6.45, 7) is 3.96. The van der Waals surface area contributed by atoms with Crippen LogP contribution in [0.2, 0.25) is 0 Å². The molecule has 0 saturated heterocycles. The minimum Gasteiger partial charge on any atom is -0.756 e. The van der Waals surface area contributed by atoms with Crippen LogP contribution in [0.1, 0.15) is 296 Å². The van der Waals surface area contributed by atoms with E-state index < -0.39 is 32.5 Å². The third-order valence-corrected chi connectivity index (χ3v) is 17.3. The van der Waals surface area contributed by atoms with Gasteiger partial charge in [-0.1, -0.05) is 342 Å². The van der Waals surface area contributed by atoms with Gasteiger partial charge in [0, 0.05) is 12.8 Å². The molecule has 100 heavy (non-hydrogen) atoms. The molecule has 0 saturated carbocycles. The number of phosphoric acid groups is 1. The molecular weight excluding hydrogens is 1250 g/mol. The summed E-state index contributed by atoms with van der Waals surface area (Å²) in [7, 11) is 1.12. The summed E-state index contributed by atoms with van der Waals surface area (Å²) in [6, 6.07) is 0. The summed E-state index contributed by atoms with van der Waals surface area (Å²) in [5.41, 5.74) is 0. The zero-order valence-corrected chi connectivity index (χ0v) is 65.2. The summed E-state index contributed by atoms with van der Waals surface area (Å²) in [5.74, 6) is -0.890. The van der Waals surface area contributed by atoms with Crippen LogP contribution in [0.4, 0.5) is 0 Å². The largest absolute Gasteiger partial charge is 0.756 e. The molecule has 0 amide bonds. The zero-order valence-electron chi connectivity index (χ0n) is 64.3. The van der Waals surface area contributed by atoms with Crippen molar-refractivity contribution in [3.05, 3.63) is 207 Å². The highest BCUT2D eigenvalue weighted by Gasteiger charge is 2.22. The van der Waals surface area contributed by atoms with Crippen LogP contribution >= 0.6 is 7.82 Å². The van der Waals surface area contributed by atoms with Crippen molar-refractivity contribution in [3.8, 4) is 0 Å². The first-order chi connectivity index (χ1) is 49.0. The number of ether oxygens (including phenoxy) is 2. The van der Waals surface area contributed by atoms with Gasteiger partial charge in [-0.05, 0) is 148 Å². The maximum Gasteiger partial charge on any atom is 0.306 e. The van der Waals surface area contributed by atoms with Gasteiger partial charge in [-0.25, -0.2) is 0 Å². The number of allylic oxidation sites excluding steroid dienone is 34. The van der Waals surface area contributed by atoms with Crippen LogP contribution in [0.15, 0.2) is 207 Å². The normalized spacial score (nSPS) is 14.2. The third kappa shape index (κ3) is 81.6. The standard InChI is InChI=1S/C90H146NO8P/c1-6-8-10-12-14-16-18-20-22-24-26-28-30-32-34-36-38-40-42-44-45-47-49-51-53-55-57-59-61-63-65-67-69-71-73-75-77-79-81-83-90(93)99-88(87-98-100(94,95)97-85-84-91(3,4)5)86-96-89(92)82-80-78-76-74-72-70-68-66-64-62-60-58-56-54-52-50-48-46-43-41-39-37-35-33-31-29-27-25-23-21-19-17-15-13-11-9-7-2/h8-11,14-17,20-23,26-29,32-35,38,40,44-45,49,51,55,57,61,63,67,69,73,75,88H,6-7,12-13,18-19,24-25,30-31,36-37,39,41-43,46-48,50,52-54,56,58-60,62,64-66,68,70-72,74,76-87H2,1-5H3/b10-8-,11-9-,16-14-,17-15-,22-20-,23-21-,28-26-,29-27-,34-32-,35-33-,40-38-,45-44-,51-49-,57-55-,63-61-,69-67-,75-73-. The fourth-order valence-electron chi connectivity index (χ4n) is 10.3. The monoisotopic (exact) mass is 1400 g/mol. The number of esters is 2. The van der Waals surface area contributed by atoms with Crippen LogP contribution in [-0.2, 0) is 32.7 Å². The number of likely N-dealkylation sites (N-methyl/N-ethyl adjacent to an activating group) is 1. The van der Waals surface area contributed by atoms with E-state index in [1.54, 1.807) is 0 Å². The smallest absolute Gasteiger partial charge is 0.306 e. The molecule has 0 aliphatic rings. The maximum atomic E-state index is 12.9. The van der Waals surface area contributed by atoms with Gasteiger partial charge >= 0.3 is 11.9 Å². The average molecular weight is 1400 g/mol. The van der Waals surface area contributed by atoms with Crippen molar-refractivity contribution in [2.45, 2.75) is 302 Å². The molecule has 0 aromatic heterocycles. The van der Waals surface area contributed by atoms with Gasteiger partial charge in [0.25, 0.3) is 7.82 Å². The summed E-state index contributed by atoms with van der Waals surface area (Å²) in [5, 5.41) is 0. The van der Waals surface area contributed by atoms with Crippen molar-refractivity contribution in [2.24, 2.45) is 0 Å². The Morgan fingerprint density at radius 1 is 0.310 bits per heavy atom. The fraction of sp³-hybridized carbons (Fsp3) is 0.600. The Morgan fingerprint density at radius 2 is 0.540 bits per heavy atom. The first-order valence-corrected chi connectivity index (χ1v) is 41.3. The predicted octanol–water partition coefficient (Wildman–Crippen LogP) is 26.3. The molecule has 0 N–H and O–H groups in total. The number of hydrogen-bond acceptors (Lipinski definition) is 8. The molecule has 0 aromatic rings. The second-order valence-electron chi connectivity index (χ2n) is 27.0. The zero-order chi connectivity index (χ0) is 72.5. The Balaban J connectivity index is 4.11. The van der Waals surface area contributed by atoms with Gasteiger partial charge in [0.15, 0.2) is 6.10 Å². The van der Waals surface area contributed by atoms with E-state index in [4.69, 9.17) is 18.5 Å². The Hall–Kier alpha value is -5.41. The summed E-state index contributed by atoms with van der Waals surface area (Å²) >= 11 is 0. The number of rotatable bonds is 71.